The summed E-state index contributed by atoms with van der Waals surface area (Å²) in [4.78, 5) is 0. The first-order valence-corrected chi connectivity index (χ1v) is 7.18. The molecule has 0 aliphatic heterocycles. The lowest BCUT2D eigenvalue weighted by Gasteiger charge is -2.12. The highest BCUT2D eigenvalue weighted by atomic mass is 16.5. The van der Waals surface area contributed by atoms with Crippen LogP contribution in [0.1, 0.15) is 30.0 Å². The number of hydrogen-bond acceptors (Lipinski definition) is 2. The molecule has 2 heteroatoms. The molecule has 2 rings (SSSR count). The van der Waals surface area contributed by atoms with E-state index in [1.165, 1.54) is 11.1 Å². The van der Waals surface area contributed by atoms with Gasteiger partial charge in [-0.25, -0.2) is 0 Å². The van der Waals surface area contributed by atoms with Crippen LogP contribution in [-0.2, 0) is 6.42 Å². The van der Waals surface area contributed by atoms with Crippen LogP contribution >= 0.6 is 0 Å². The van der Waals surface area contributed by atoms with Gasteiger partial charge < -0.3 is 10.5 Å². The van der Waals surface area contributed by atoms with Crippen LogP contribution < -0.4 is 10.5 Å². The van der Waals surface area contributed by atoms with Gasteiger partial charge in [0.15, 0.2) is 0 Å². The average molecular weight is 269 g/mol. The van der Waals surface area contributed by atoms with Gasteiger partial charge in [0.25, 0.3) is 0 Å². The Balaban J connectivity index is 2.17. The van der Waals surface area contributed by atoms with Gasteiger partial charge in [-0.2, -0.15) is 0 Å². The Kier molecular flexibility index (Phi) is 4.80. The molecule has 1 atom stereocenters. The molecule has 0 saturated heterocycles. The zero-order chi connectivity index (χ0) is 14.5. The second-order valence-electron chi connectivity index (χ2n) is 5.39. The van der Waals surface area contributed by atoms with E-state index in [-0.39, 0.29) is 6.04 Å². The van der Waals surface area contributed by atoms with Crippen LogP contribution in [-0.4, -0.2) is 6.04 Å². The fourth-order valence-electron chi connectivity index (χ4n) is 2.13. The summed E-state index contributed by atoms with van der Waals surface area (Å²) in [5, 5.41) is 0. The SMILES string of the molecule is CCC(N)Cc1cccc(Oc2cc(C)ccc2C)c1. The molecule has 0 spiro atoms. The topological polar surface area (TPSA) is 35.2 Å². The molecule has 0 fully saturated rings. The Labute approximate surface area is 121 Å². The molecular weight excluding hydrogens is 246 g/mol. The number of aryl methyl sites for hydroxylation is 2. The summed E-state index contributed by atoms with van der Waals surface area (Å²) in [5.41, 5.74) is 9.58. The summed E-state index contributed by atoms with van der Waals surface area (Å²) < 4.78 is 6.01. The molecule has 2 N–H and O–H groups in total. The summed E-state index contributed by atoms with van der Waals surface area (Å²) in [6.07, 6.45) is 1.88. The molecule has 0 aliphatic rings. The van der Waals surface area contributed by atoms with E-state index < -0.39 is 0 Å². The van der Waals surface area contributed by atoms with E-state index in [2.05, 4.69) is 51.1 Å². The van der Waals surface area contributed by atoms with Gasteiger partial charge in [0.2, 0.25) is 0 Å². The normalized spacial score (nSPS) is 12.2. The molecule has 106 valence electrons. The van der Waals surface area contributed by atoms with Gasteiger partial charge in [-0.1, -0.05) is 31.2 Å². The van der Waals surface area contributed by atoms with Gasteiger partial charge in [-0.3, -0.25) is 0 Å². The van der Waals surface area contributed by atoms with E-state index in [9.17, 15) is 0 Å². The van der Waals surface area contributed by atoms with E-state index in [1.54, 1.807) is 0 Å². The third kappa shape index (κ3) is 3.84. The highest BCUT2D eigenvalue weighted by molar-refractivity contribution is 5.40. The summed E-state index contributed by atoms with van der Waals surface area (Å²) in [6, 6.07) is 14.7. The fourth-order valence-corrected chi connectivity index (χ4v) is 2.13. The number of ether oxygens (including phenoxy) is 1. The molecule has 0 aliphatic carbocycles. The van der Waals surface area contributed by atoms with Crippen molar-refractivity contribution in [3.05, 3.63) is 59.2 Å². The van der Waals surface area contributed by atoms with Gasteiger partial charge in [0, 0.05) is 6.04 Å². The van der Waals surface area contributed by atoms with E-state index in [0.29, 0.717) is 0 Å². The maximum Gasteiger partial charge on any atom is 0.130 e. The Hall–Kier alpha value is -1.80. The molecule has 2 nitrogen and oxygen atoms in total. The standard InChI is InChI=1S/C18H23NO/c1-4-16(19)11-15-6-5-7-17(12-15)20-18-10-13(2)8-9-14(18)3/h5-10,12,16H,4,11,19H2,1-3H3. The predicted octanol–water partition coefficient (Wildman–Crippen LogP) is 4.38. The molecule has 1 unspecified atom stereocenters. The van der Waals surface area contributed by atoms with Crippen molar-refractivity contribution in [3.8, 4) is 11.5 Å². The third-order valence-corrected chi connectivity index (χ3v) is 3.49. The lowest BCUT2D eigenvalue weighted by atomic mass is 10.0. The highest BCUT2D eigenvalue weighted by Gasteiger charge is 2.05. The van der Waals surface area contributed by atoms with Crippen molar-refractivity contribution in [2.24, 2.45) is 5.73 Å². The Morgan fingerprint density at radius 2 is 1.90 bits per heavy atom. The van der Waals surface area contributed by atoms with Gasteiger partial charge in [-0.05, 0) is 61.6 Å². The first-order valence-electron chi connectivity index (χ1n) is 7.18. The highest BCUT2D eigenvalue weighted by Crippen LogP contribution is 2.26. The molecule has 2 aromatic rings. The van der Waals surface area contributed by atoms with Crippen molar-refractivity contribution < 1.29 is 4.74 Å². The molecule has 20 heavy (non-hydrogen) atoms. The van der Waals surface area contributed by atoms with E-state index in [1.807, 2.05) is 12.1 Å². The molecular formula is C18H23NO. The first kappa shape index (κ1) is 14.6. The van der Waals surface area contributed by atoms with E-state index in [4.69, 9.17) is 10.5 Å². The second kappa shape index (κ2) is 6.58. The quantitative estimate of drug-likeness (QED) is 0.874. The zero-order valence-electron chi connectivity index (χ0n) is 12.5. The van der Waals surface area contributed by atoms with Crippen LogP contribution in [0.2, 0.25) is 0 Å². The number of rotatable bonds is 5. The maximum atomic E-state index is 6.01. The molecule has 0 amide bonds. The van der Waals surface area contributed by atoms with Crippen molar-refractivity contribution in [2.45, 2.75) is 39.7 Å². The minimum Gasteiger partial charge on any atom is -0.457 e. The lowest BCUT2D eigenvalue weighted by Crippen LogP contribution is -2.21. The zero-order valence-corrected chi connectivity index (χ0v) is 12.5. The smallest absolute Gasteiger partial charge is 0.130 e. The van der Waals surface area contributed by atoms with Crippen LogP contribution in [0.15, 0.2) is 42.5 Å². The third-order valence-electron chi connectivity index (χ3n) is 3.49. The van der Waals surface area contributed by atoms with E-state index >= 15 is 0 Å². The Morgan fingerprint density at radius 3 is 2.65 bits per heavy atom. The summed E-state index contributed by atoms with van der Waals surface area (Å²) in [6.45, 7) is 6.25. The fraction of sp³-hybridized carbons (Fsp3) is 0.333. The van der Waals surface area contributed by atoms with Crippen LogP contribution in [0.3, 0.4) is 0 Å². The van der Waals surface area contributed by atoms with Gasteiger partial charge in [0.05, 0.1) is 0 Å². The first-order chi connectivity index (χ1) is 9.58. The summed E-state index contributed by atoms with van der Waals surface area (Å²) in [7, 11) is 0. The van der Waals surface area contributed by atoms with Crippen LogP contribution in [0.5, 0.6) is 11.5 Å². The number of hydrogen-bond donors (Lipinski definition) is 1. The van der Waals surface area contributed by atoms with Gasteiger partial charge in [0.1, 0.15) is 11.5 Å². The summed E-state index contributed by atoms with van der Waals surface area (Å²) in [5.74, 6) is 1.79. The average Bonchev–Trinajstić information content (AvgIpc) is 2.43. The largest absolute Gasteiger partial charge is 0.457 e. The molecule has 0 bridgehead atoms. The Bertz CT molecular complexity index is 577. The number of nitrogens with two attached hydrogens (primary N) is 1. The lowest BCUT2D eigenvalue weighted by molar-refractivity contribution is 0.477. The monoisotopic (exact) mass is 269 g/mol. The van der Waals surface area contributed by atoms with Crippen LogP contribution in [0.25, 0.3) is 0 Å². The molecule has 0 saturated carbocycles. The van der Waals surface area contributed by atoms with Crippen molar-refractivity contribution in [3.63, 3.8) is 0 Å². The second-order valence-corrected chi connectivity index (χ2v) is 5.39. The van der Waals surface area contributed by atoms with Gasteiger partial charge >= 0.3 is 0 Å². The summed E-state index contributed by atoms with van der Waals surface area (Å²) >= 11 is 0. The Morgan fingerprint density at radius 1 is 1.10 bits per heavy atom. The van der Waals surface area contributed by atoms with Gasteiger partial charge in [-0.15, -0.1) is 0 Å². The van der Waals surface area contributed by atoms with Crippen molar-refractivity contribution >= 4 is 0 Å². The molecule has 2 aromatic carbocycles. The molecule has 0 heterocycles. The molecule has 0 radical (unpaired) electrons. The minimum atomic E-state index is 0.214. The van der Waals surface area contributed by atoms with E-state index in [0.717, 1.165) is 29.9 Å². The number of benzene rings is 2. The predicted molar refractivity (Wildman–Crippen MR) is 84.4 cm³/mol. The molecule has 0 aromatic heterocycles. The minimum absolute atomic E-state index is 0.214. The van der Waals surface area contributed by atoms with Crippen LogP contribution in [0.4, 0.5) is 0 Å². The maximum absolute atomic E-state index is 6.01. The van der Waals surface area contributed by atoms with Crippen molar-refractivity contribution in [1.82, 2.24) is 0 Å². The van der Waals surface area contributed by atoms with Crippen molar-refractivity contribution in [2.75, 3.05) is 0 Å². The van der Waals surface area contributed by atoms with Crippen LogP contribution in [0, 0.1) is 13.8 Å². The van der Waals surface area contributed by atoms with Crippen molar-refractivity contribution in [1.29, 1.82) is 0 Å².